The molecule has 138 valence electrons. The van der Waals surface area contributed by atoms with Gasteiger partial charge in [-0.3, -0.25) is 13.8 Å². The Labute approximate surface area is 154 Å². The molecule has 27 heavy (non-hydrogen) atoms. The largest absolute Gasteiger partial charge is 0.494 e. The highest BCUT2D eigenvalue weighted by molar-refractivity contribution is 5.87. The number of ether oxygens (including phenoxy) is 1. The third-order valence-corrected chi connectivity index (χ3v) is 4.98. The molecule has 0 atom stereocenters. The molecule has 0 amide bonds. The molecular formula is C19H19N5O3. The molecule has 1 aliphatic rings. The van der Waals surface area contributed by atoms with Crippen LogP contribution in [0.4, 0.5) is 0 Å². The summed E-state index contributed by atoms with van der Waals surface area (Å²) in [5, 5.41) is 4.06. The zero-order valence-corrected chi connectivity index (χ0v) is 15.3. The smallest absolute Gasteiger partial charge is 0.278 e. The van der Waals surface area contributed by atoms with E-state index in [-0.39, 0.29) is 11.6 Å². The average Bonchev–Trinajstić information content (AvgIpc) is 3.22. The predicted octanol–water partition coefficient (Wildman–Crippen LogP) is 3.17. The van der Waals surface area contributed by atoms with Crippen molar-refractivity contribution >= 4 is 16.6 Å². The molecule has 8 heteroatoms. The Hall–Kier alpha value is -3.16. The molecule has 0 unspecified atom stereocenters. The Morgan fingerprint density at radius 1 is 1.26 bits per heavy atom. The molecule has 1 fully saturated rings. The molecule has 3 aromatic heterocycles. The van der Waals surface area contributed by atoms with Crippen LogP contribution in [0.25, 0.3) is 28.1 Å². The minimum Gasteiger partial charge on any atom is -0.494 e. The number of aromatic nitrogens is 5. The van der Waals surface area contributed by atoms with Crippen molar-refractivity contribution < 1.29 is 9.26 Å². The van der Waals surface area contributed by atoms with Gasteiger partial charge < -0.3 is 9.26 Å². The van der Waals surface area contributed by atoms with E-state index in [4.69, 9.17) is 9.26 Å². The van der Waals surface area contributed by atoms with Gasteiger partial charge in [0.1, 0.15) is 28.8 Å². The minimum atomic E-state index is -0.160. The first kappa shape index (κ1) is 16.0. The maximum Gasteiger partial charge on any atom is 0.278 e. The number of benzene rings is 1. The van der Waals surface area contributed by atoms with Crippen LogP contribution in [0.5, 0.6) is 5.75 Å². The lowest BCUT2D eigenvalue weighted by atomic mass is 10.2. The number of rotatable bonds is 4. The molecule has 8 nitrogen and oxygen atoms in total. The van der Waals surface area contributed by atoms with E-state index in [0.717, 1.165) is 23.9 Å². The third kappa shape index (κ3) is 2.29. The van der Waals surface area contributed by atoms with Crippen LogP contribution >= 0.6 is 0 Å². The Kier molecular flexibility index (Phi) is 3.37. The second-order valence-corrected chi connectivity index (χ2v) is 7.14. The van der Waals surface area contributed by atoms with Crippen molar-refractivity contribution in [2.24, 2.45) is 0 Å². The number of imidazole rings is 1. The first-order valence-electron chi connectivity index (χ1n) is 9.02. The number of para-hydroxylation sites is 1. The van der Waals surface area contributed by atoms with E-state index in [1.807, 2.05) is 32.0 Å². The summed E-state index contributed by atoms with van der Waals surface area (Å²) in [7, 11) is 1.60. The lowest BCUT2D eigenvalue weighted by Crippen LogP contribution is -2.25. The van der Waals surface area contributed by atoms with Gasteiger partial charge in [0.25, 0.3) is 5.56 Å². The molecule has 0 bridgehead atoms. The van der Waals surface area contributed by atoms with Gasteiger partial charge in [-0.1, -0.05) is 11.2 Å². The van der Waals surface area contributed by atoms with E-state index in [2.05, 4.69) is 15.1 Å². The molecule has 3 heterocycles. The van der Waals surface area contributed by atoms with E-state index in [9.17, 15) is 4.79 Å². The fourth-order valence-corrected chi connectivity index (χ4v) is 3.55. The summed E-state index contributed by atoms with van der Waals surface area (Å²) in [6.07, 6.45) is 3.76. The normalized spacial score (nSPS) is 14.5. The van der Waals surface area contributed by atoms with Crippen LogP contribution in [0.1, 0.15) is 44.5 Å². The summed E-state index contributed by atoms with van der Waals surface area (Å²) in [4.78, 5) is 22.3. The van der Waals surface area contributed by atoms with Crippen LogP contribution in [0.3, 0.4) is 0 Å². The van der Waals surface area contributed by atoms with E-state index >= 15 is 0 Å². The number of nitrogens with zero attached hydrogens (tertiary/aromatic N) is 5. The molecular weight excluding hydrogens is 346 g/mol. The maximum absolute atomic E-state index is 13.4. The van der Waals surface area contributed by atoms with E-state index in [0.29, 0.717) is 34.6 Å². The highest BCUT2D eigenvalue weighted by Crippen LogP contribution is 2.39. The van der Waals surface area contributed by atoms with Gasteiger partial charge in [0, 0.05) is 12.0 Å². The third-order valence-electron chi connectivity index (χ3n) is 4.98. The van der Waals surface area contributed by atoms with Gasteiger partial charge in [0.05, 0.1) is 12.6 Å². The summed E-state index contributed by atoms with van der Waals surface area (Å²) in [5.74, 6) is 1.97. The van der Waals surface area contributed by atoms with Crippen molar-refractivity contribution in [3.05, 3.63) is 40.8 Å². The lowest BCUT2D eigenvalue weighted by molar-refractivity contribution is 0.380. The number of hydrogen-bond acceptors (Lipinski definition) is 6. The summed E-state index contributed by atoms with van der Waals surface area (Å²) in [6.45, 7) is 3.94. The maximum atomic E-state index is 13.4. The molecule has 1 aliphatic carbocycles. The van der Waals surface area contributed by atoms with Crippen LogP contribution in [0.2, 0.25) is 0 Å². The van der Waals surface area contributed by atoms with Crippen molar-refractivity contribution in [2.45, 2.75) is 38.6 Å². The molecule has 0 saturated heterocycles. The average molecular weight is 365 g/mol. The summed E-state index contributed by atoms with van der Waals surface area (Å²) in [5.41, 5.74) is 2.29. The van der Waals surface area contributed by atoms with Crippen molar-refractivity contribution in [1.82, 2.24) is 24.1 Å². The van der Waals surface area contributed by atoms with Gasteiger partial charge in [-0.05, 0) is 38.8 Å². The SMILES string of the molecule is COc1cccc2c1n(C(C)C)c(=O)c1c(-c3noc(C4CC4)n3)ncn12. The molecule has 0 radical (unpaired) electrons. The van der Waals surface area contributed by atoms with Crippen molar-refractivity contribution in [2.75, 3.05) is 7.11 Å². The lowest BCUT2D eigenvalue weighted by Gasteiger charge is -2.17. The van der Waals surface area contributed by atoms with Crippen LogP contribution in [0, 0.1) is 0 Å². The second-order valence-electron chi connectivity index (χ2n) is 7.14. The van der Waals surface area contributed by atoms with Gasteiger partial charge in [-0.2, -0.15) is 4.98 Å². The predicted molar refractivity (Wildman–Crippen MR) is 99.2 cm³/mol. The van der Waals surface area contributed by atoms with Gasteiger partial charge >= 0.3 is 0 Å². The van der Waals surface area contributed by atoms with Crippen molar-refractivity contribution in [3.8, 4) is 17.3 Å². The van der Waals surface area contributed by atoms with Gasteiger partial charge in [0.15, 0.2) is 0 Å². The zero-order chi connectivity index (χ0) is 18.7. The Balaban J connectivity index is 1.87. The quantitative estimate of drug-likeness (QED) is 0.552. The molecule has 0 aliphatic heterocycles. The Morgan fingerprint density at radius 3 is 2.78 bits per heavy atom. The summed E-state index contributed by atoms with van der Waals surface area (Å²) in [6, 6.07) is 5.64. The van der Waals surface area contributed by atoms with Gasteiger partial charge in [-0.25, -0.2) is 4.98 Å². The number of hydrogen-bond donors (Lipinski definition) is 0. The van der Waals surface area contributed by atoms with E-state index in [1.54, 1.807) is 22.4 Å². The molecule has 1 aromatic carbocycles. The first-order valence-corrected chi connectivity index (χ1v) is 9.02. The monoisotopic (exact) mass is 365 g/mol. The summed E-state index contributed by atoms with van der Waals surface area (Å²) < 4.78 is 14.4. The minimum absolute atomic E-state index is 0.0589. The second kappa shape index (κ2) is 5.67. The Bertz CT molecular complexity index is 1230. The zero-order valence-electron chi connectivity index (χ0n) is 15.3. The fourth-order valence-electron chi connectivity index (χ4n) is 3.55. The summed E-state index contributed by atoms with van der Waals surface area (Å²) >= 11 is 0. The van der Waals surface area contributed by atoms with Crippen LogP contribution in [0.15, 0.2) is 33.8 Å². The molecule has 4 aromatic rings. The van der Waals surface area contributed by atoms with Gasteiger partial charge in [-0.15, -0.1) is 0 Å². The van der Waals surface area contributed by atoms with Crippen LogP contribution < -0.4 is 10.3 Å². The fraction of sp³-hybridized carbons (Fsp3) is 0.368. The molecule has 1 saturated carbocycles. The van der Waals surface area contributed by atoms with E-state index < -0.39 is 0 Å². The van der Waals surface area contributed by atoms with Crippen LogP contribution in [-0.4, -0.2) is 31.2 Å². The number of methoxy groups -OCH3 is 1. The highest BCUT2D eigenvalue weighted by Gasteiger charge is 2.31. The molecule has 5 rings (SSSR count). The van der Waals surface area contributed by atoms with Crippen LogP contribution in [-0.2, 0) is 0 Å². The highest BCUT2D eigenvalue weighted by atomic mass is 16.5. The number of fused-ring (bicyclic) bond motifs is 3. The van der Waals surface area contributed by atoms with E-state index in [1.165, 1.54) is 0 Å². The topological polar surface area (TPSA) is 87.5 Å². The molecule has 0 spiro atoms. The molecule has 0 N–H and O–H groups in total. The van der Waals surface area contributed by atoms with Gasteiger partial charge in [0.2, 0.25) is 11.7 Å². The van der Waals surface area contributed by atoms with Crippen molar-refractivity contribution in [3.63, 3.8) is 0 Å². The Morgan fingerprint density at radius 2 is 2.07 bits per heavy atom. The first-order chi connectivity index (χ1) is 13.1. The van der Waals surface area contributed by atoms with Crippen molar-refractivity contribution in [1.29, 1.82) is 0 Å². The standard InChI is InChI=1S/C19H19N5O3/c1-10(2)24-15-12(5-4-6-13(15)26-3)23-9-20-14(16(23)19(24)25)17-21-18(27-22-17)11-7-8-11/h4-6,9-11H,7-8H2,1-3H3.